The molecule has 0 saturated carbocycles. The van der Waals surface area contributed by atoms with Crippen LogP contribution in [0.2, 0.25) is 0 Å². The zero-order chi connectivity index (χ0) is 14.8. The van der Waals surface area contributed by atoms with Gasteiger partial charge in [0.15, 0.2) is 0 Å². The molecule has 3 rings (SSSR count). The summed E-state index contributed by atoms with van der Waals surface area (Å²) in [6, 6.07) is 5.86. The molecule has 1 aromatic heterocycles. The molecular weight excluding hydrogens is 262 g/mol. The van der Waals surface area contributed by atoms with E-state index < -0.39 is 0 Å². The van der Waals surface area contributed by atoms with Gasteiger partial charge in [-0.1, -0.05) is 13.8 Å². The van der Waals surface area contributed by atoms with Crippen LogP contribution in [0.15, 0.2) is 24.5 Å². The summed E-state index contributed by atoms with van der Waals surface area (Å²) in [6.45, 7) is 9.95. The smallest absolute Gasteiger partial charge is 0.139 e. The van der Waals surface area contributed by atoms with Gasteiger partial charge >= 0.3 is 0 Å². The maximum Gasteiger partial charge on any atom is 0.139 e. The number of anilines is 2. The molecule has 1 saturated heterocycles. The van der Waals surface area contributed by atoms with E-state index in [2.05, 4.69) is 33.6 Å². The van der Waals surface area contributed by atoms with Crippen LogP contribution in [0, 0.1) is 5.92 Å². The highest BCUT2D eigenvalue weighted by Gasteiger charge is 2.20. The first kappa shape index (κ1) is 14.1. The highest BCUT2D eigenvalue weighted by Crippen LogP contribution is 2.25. The number of rotatable bonds is 3. The van der Waals surface area contributed by atoms with Crippen LogP contribution in [0.25, 0.3) is 10.9 Å². The van der Waals surface area contributed by atoms with Gasteiger partial charge in [-0.2, -0.15) is 0 Å². The largest absolute Gasteiger partial charge is 0.399 e. The number of aromatic nitrogens is 2. The van der Waals surface area contributed by atoms with Crippen LogP contribution in [0.4, 0.5) is 11.5 Å². The van der Waals surface area contributed by atoms with Crippen LogP contribution >= 0.6 is 0 Å². The summed E-state index contributed by atoms with van der Waals surface area (Å²) in [6.07, 6.45) is 1.64. The zero-order valence-corrected chi connectivity index (χ0v) is 12.8. The van der Waals surface area contributed by atoms with E-state index >= 15 is 0 Å². The predicted molar refractivity (Wildman–Crippen MR) is 87.4 cm³/mol. The second kappa shape index (κ2) is 5.85. The summed E-state index contributed by atoms with van der Waals surface area (Å²) < 4.78 is 0. The third-order valence-electron chi connectivity index (χ3n) is 3.93. The van der Waals surface area contributed by atoms with Crippen LogP contribution in [0.5, 0.6) is 0 Å². The summed E-state index contributed by atoms with van der Waals surface area (Å²) in [5.41, 5.74) is 7.50. The highest BCUT2D eigenvalue weighted by atomic mass is 15.3. The van der Waals surface area contributed by atoms with E-state index in [1.807, 2.05) is 18.2 Å². The third kappa shape index (κ3) is 3.08. The number of piperazine rings is 1. The zero-order valence-electron chi connectivity index (χ0n) is 12.8. The fourth-order valence-corrected chi connectivity index (χ4v) is 2.97. The lowest BCUT2D eigenvalue weighted by atomic mass is 10.1. The Hall–Kier alpha value is -1.88. The van der Waals surface area contributed by atoms with Crippen LogP contribution in [-0.4, -0.2) is 47.6 Å². The topological polar surface area (TPSA) is 58.3 Å². The molecule has 1 aliphatic rings. The number of nitrogens with two attached hydrogens (primary N) is 1. The SMILES string of the molecule is CC(C)CN1CCN(c2ncnc3cc(N)ccc23)CC1. The van der Waals surface area contributed by atoms with E-state index in [1.54, 1.807) is 6.33 Å². The molecule has 1 fully saturated rings. The Kier molecular flexibility index (Phi) is 3.92. The number of benzene rings is 1. The molecule has 0 aliphatic carbocycles. The summed E-state index contributed by atoms with van der Waals surface area (Å²) in [7, 11) is 0. The standard InChI is InChI=1S/C16H23N5/c1-12(2)10-20-5-7-21(8-6-20)16-14-4-3-13(17)9-15(14)18-11-19-16/h3-4,9,11-12H,5-8,10,17H2,1-2H3. The van der Waals surface area contributed by atoms with Gasteiger partial charge in [-0.05, 0) is 24.1 Å². The minimum absolute atomic E-state index is 0.722. The quantitative estimate of drug-likeness (QED) is 0.874. The first-order valence-corrected chi connectivity index (χ1v) is 7.61. The van der Waals surface area contributed by atoms with E-state index in [-0.39, 0.29) is 0 Å². The molecule has 0 amide bonds. The number of nitrogen functional groups attached to an aromatic ring is 1. The first-order valence-electron chi connectivity index (χ1n) is 7.61. The lowest BCUT2D eigenvalue weighted by Crippen LogP contribution is -2.47. The Morgan fingerprint density at radius 1 is 1.14 bits per heavy atom. The van der Waals surface area contributed by atoms with Gasteiger partial charge in [-0.25, -0.2) is 9.97 Å². The van der Waals surface area contributed by atoms with E-state index in [4.69, 9.17) is 5.73 Å². The van der Waals surface area contributed by atoms with Crippen molar-refractivity contribution in [2.45, 2.75) is 13.8 Å². The Bertz CT molecular complexity index is 617. The van der Waals surface area contributed by atoms with E-state index in [9.17, 15) is 0 Å². The monoisotopic (exact) mass is 285 g/mol. The Morgan fingerprint density at radius 3 is 2.62 bits per heavy atom. The summed E-state index contributed by atoms with van der Waals surface area (Å²) in [5.74, 6) is 1.75. The van der Waals surface area contributed by atoms with Crippen molar-refractivity contribution in [3.63, 3.8) is 0 Å². The molecule has 0 spiro atoms. The molecule has 2 N–H and O–H groups in total. The molecule has 21 heavy (non-hydrogen) atoms. The fourth-order valence-electron chi connectivity index (χ4n) is 2.97. The van der Waals surface area contributed by atoms with Gasteiger partial charge < -0.3 is 10.6 Å². The molecule has 2 heterocycles. The van der Waals surface area contributed by atoms with E-state index in [0.717, 1.165) is 54.5 Å². The van der Waals surface area contributed by atoms with Gasteiger partial charge in [-0.3, -0.25) is 4.90 Å². The van der Waals surface area contributed by atoms with Crippen molar-refractivity contribution in [2.24, 2.45) is 5.92 Å². The van der Waals surface area contributed by atoms with E-state index in [0.29, 0.717) is 0 Å². The average molecular weight is 285 g/mol. The molecule has 2 aromatic rings. The molecule has 0 bridgehead atoms. The number of hydrogen-bond acceptors (Lipinski definition) is 5. The summed E-state index contributed by atoms with van der Waals surface area (Å²) in [5, 5.41) is 1.09. The second-order valence-corrected chi connectivity index (χ2v) is 6.16. The normalized spacial score (nSPS) is 16.8. The van der Waals surface area contributed by atoms with Gasteiger partial charge in [0.2, 0.25) is 0 Å². The second-order valence-electron chi connectivity index (χ2n) is 6.16. The highest BCUT2D eigenvalue weighted by molar-refractivity contribution is 5.91. The summed E-state index contributed by atoms with van der Waals surface area (Å²) >= 11 is 0. The Morgan fingerprint density at radius 2 is 1.90 bits per heavy atom. The molecule has 0 atom stereocenters. The molecule has 5 heteroatoms. The van der Waals surface area contributed by atoms with Crippen molar-refractivity contribution in [3.8, 4) is 0 Å². The molecular formula is C16H23N5. The van der Waals surface area contributed by atoms with Gasteiger partial charge in [0, 0.05) is 43.8 Å². The molecule has 5 nitrogen and oxygen atoms in total. The molecule has 0 unspecified atom stereocenters. The maximum atomic E-state index is 5.84. The lowest BCUT2D eigenvalue weighted by Gasteiger charge is -2.36. The van der Waals surface area contributed by atoms with Crippen molar-refractivity contribution >= 4 is 22.4 Å². The van der Waals surface area contributed by atoms with Crippen molar-refractivity contribution in [1.82, 2.24) is 14.9 Å². The Balaban J connectivity index is 1.79. The van der Waals surface area contributed by atoms with Crippen molar-refractivity contribution in [2.75, 3.05) is 43.4 Å². The fraction of sp³-hybridized carbons (Fsp3) is 0.500. The van der Waals surface area contributed by atoms with Crippen LogP contribution < -0.4 is 10.6 Å². The van der Waals surface area contributed by atoms with Crippen LogP contribution in [-0.2, 0) is 0 Å². The average Bonchev–Trinajstić information content (AvgIpc) is 2.46. The van der Waals surface area contributed by atoms with Crippen molar-refractivity contribution < 1.29 is 0 Å². The molecule has 0 radical (unpaired) electrons. The van der Waals surface area contributed by atoms with Crippen molar-refractivity contribution in [1.29, 1.82) is 0 Å². The first-order chi connectivity index (χ1) is 10.1. The van der Waals surface area contributed by atoms with Gasteiger partial charge in [0.1, 0.15) is 12.1 Å². The molecule has 1 aromatic carbocycles. The van der Waals surface area contributed by atoms with E-state index in [1.165, 1.54) is 6.54 Å². The third-order valence-corrected chi connectivity index (χ3v) is 3.93. The number of fused-ring (bicyclic) bond motifs is 1. The predicted octanol–water partition coefficient (Wildman–Crippen LogP) is 1.99. The lowest BCUT2D eigenvalue weighted by molar-refractivity contribution is 0.231. The molecule has 112 valence electrons. The van der Waals surface area contributed by atoms with Gasteiger partial charge in [0.25, 0.3) is 0 Å². The van der Waals surface area contributed by atoms with Gasteiger partial charge in [-0.15, -0.1) is 0 Å². The number of hydrogen-bond donors (Lipinski definition) is 1. The number of nitrogens with zero attached hydrogens (tertiary/aromatic N) is 4. The van der Waals surface area contributed by atoms with Gasteiger partial charge in [0.05, 0.1) is 5.52 Å². The minimum atomic E-state index is 0.722. The minimum Gasteiger partial charge on any atom is -0.399 e. The Labute approximate surface area is 125 Å². The maximum absolute atomic E-state index is 5.84. The summed E-state index contributed by atoms with van der Waals surface area (Å²) in [4.78, 5) is 13.7. The van der Waals surface area contributed by atoms with Crippen molar-refractivity contribution in [3.05, 3.63) is 24.5 Å². The molecule has 1 aliphatic heterocycles. The van der Waals surface area contributed by atoms with Crippen LogP contribution in [0.1, 0.15) is 13.8 Å². The van der Waals surface area contributed by atoms with Crippen LogP contribution in [0.3, 0.4) is 0 Å².